The van der Waals surface area contributed by atoms with E-state index < -0.39 is 0 Å². The molecule has 1 aromatic carbocycles. The molecule has 0 spiro atoms. The largest absolute Gasteiger partial charge is 0.485 e. The van der Waals surface area contributed by atoms with Crippen molar-refractivity contribution < 1.29 is 4.74 Å². The Labute approximate surface area is 116 Å². The van der Waals surface area contributed by atoms with Gasteiger partial charge < -0.3 is 4.74 Å². The zero-order chi connectivity index (χ0) is 13.2. The molecule has 0 aliphatic heterocycles. The molecular weight excluding hydrogens is 268 g/mol. The van der Waals surface area contributed by atoms with Crippen molar-refractivity contribution in [3.05, 3.63) is 39.3 Å². The normalized spacial score (nSPS) is 11.6. The number of rotatable bonds is 3. The number of benzene rings is 1. The molecule has 0 radical (unpaired) electrons. The minimum Gasteiger partial charge on any atom is -0.485 e. The summed E-state index contributed by atoms with van der Waals surface area (Å²) in [5.74, 6) is 0.680. The third kappa shape index (κ3) is 3.21. The van der Waals surface area contributed by atoms with Crippen LogP contribution in [0.25, 0.3) is 0 Å². The number of hydrogen-bond acceptors (Lipinski definition) is 4. The summed E-state index contributed by atoms with van der Waals surface area (Å²) in [6.45, 7) is 6.86. The molecule has 0 N–H and O–H groups in total. The molecule has 3 nitrogen and oxygen atoms in total. The van der Waals surface area contributed by atoms with Crippen LogP contribution in [0.2, 0.25) is 5.02 Å². The summed E-state index contributed by atoms with van der Waals surface area (Å²) in [5.41, 5.74) is 2.96. The van der Waals surface area contributed by atoms with Crippen LogP contribution in [0.3, 0.4) is 0 Å². The second-order valence-electron chi connectivity index (χ2n) is 5.02. The maximum Gasteiger partial charge on any atom is 0.154 e. The van der Waals surface area contributed by atoms with Crippen molar-refractivity contribution in [1.29, 1.82) is 0 Å². The summed E-state index contributed by atoms with van der Waals surface area (Å²) < 4.78 is 5.62. The molecule has 0 saturated heterocycles. The van der Waals surface area contributed by atoms with E-state index >= 15 is 0 Å². The van der Waals surface area contributed by atoms with Crippen LogP contribution in [-0.2, 0) is 12.0 Å². The van der Waals surface area contributed by atoms with Crippen LogP contribution in [0, 0.1) is 0 Å². The lowest BCUT2D eigenvalue weighted by Crippen LogP contribution is -2.10. The van der Waals surface area contributed by atoms with Crippen LogP contribution in [-0.4, -0.2) is 10.2 Å². The molecule has 18 heavy (non-hydrogen) atoms. The van der Waals surface area contributed by atoms with E-state index in [1.165, 1.54) is 16.9 Å². The lowest BCUT2D eigenvalue weighted by Gasteiger charge is -2.20. The lowest BCUT2D eigenvalue weighted by atomic mass is 9.87. The second kappa shape index (κ2) is 5.24. The summed E-state index contributed by atoms with van der Waals surface area (Å²) in [5, 5.41) is 9.15. The Morgan fingerprint density at radius 1 is 1.33 bits per heavy atom. The van der Waals surface area contributed by atoms with Crippen molar-refractivity contribution >= 4 is 22.9 Å². The summed E-state index contributed by atoms with van der Waals surface area (Å²) in [6.07, 6.45) is 0. The smallest absolute Gasteiger partial charge is 0.154 e. The van der Waals surface area contributed by atoms with Crippen LogP contribution in [0.1, 0.15) is 31.3 Å². The number of halogens is 1. The van der Waals surface area contributed by atoms with E-state index in [2.05, 4.69) is 31.0 Å². The quantitative estimate of drug-likeness (QED) is 0.851. The first-order valence-electron chi connectivity index (χ1n) is 5.65. The van der Waals surface area contributed by atoms with Gasteiger partial charge in [0.15, 0.2) is 5.01 Å². The molecule has 0 bridgehead atoms. The van der Waals surface area contributed by atoms with Gasteiger partial charge in [-0.2, -0.15) is 0 Å². The van der Waals surface area contributed by atoms with Gasteiger partial charge in [0.1, 0.15) is 17.9 Å². The fourth-order valence-electron chi connectivity index (χ4n) is 1.48. The lowest BCUT2D eigenvalue weighted by molar-refractivity contribution is 0.304. The van der Waals surface area contributed by atoms with Gasteiger partial charge in [-0.15, -0.1) is 21.5 Å². The van der Waals surface area contributed by atoms with Crippen LogP contribution in [0.15, 0.2) is 23.7 Å². The summed E-state index contributed by atoms with van der Waals surface area (Å²) in [7, 11) is 0. The Morgan fingerprint density at radius 2 is 2.11 bits per heavy atom. The molecule has 0 fully saturated rings. The van der Waals surface area contributed by atoms with E-state index in [0.717, 1.165) is 5.01 Å². The molecule has 0 atom stereocenters. The van der Waals surface area contributed by atoms with Gasteiger partial charge >= 0.3 is 0 Å². The molecule has 96 valence electrons. The van der Waals surface area contributed by atoms with Crippen molar-refractivity contribution in [2.75, 3.05) is 0 Å². The van der Waals surface area contributed by atoms with Crippen molar-refractivity contribution in [3.63, 3.8) is 0 Å². The highest BCUT2D eigenvalue weighted by Crippen LogP contribution is 2.31. The predicted molar refractivity (Wildman–Crippen MR) is 74.4 cm³/mol. The van der Waals surface area contributed by atoms with E-state index in [0.29, 0.717) is 17.4 Å². The molecule has 2 rings (SSSR count). The maximum atomic E-state index is 6.22. The average molecular weight is 283 g/mol. The molecule has 0 saturated carbocycles. The van der Waals surface area contributed by atoms with Crippen molar-refractivity contribution in [3.8, 4) is 5.75 Å². The first kappa shape index (κ1) is 13.3. The Morgan fingerprint density at radius 3 is 2.67 bits per heavy atom. The highest BCUT2D eigenvalue weighted by molar-refractivity contribution is 7.09. The van der Waals surface area contributed by atoms with Gasteiger partial charge in [-0.05, 0) is 23.1 Å². The first-order valence-corrected chi connectivity index (χ1v) is 6.90. The predicted octanol–water partition coefficient (Wildman–Crippen LogP) is 4.07. The minimum atomic E-state index is 0.0847. The molecule has 1 heterocycles. The van der Waals surface area contributed by atoms with Gasteiger partial charge in [0.2, 0.25) is 0 Å². The SMILES string of the molecule is CC(C)(C)c1ccc(OCc2nncs2)c(Cl)c1. The maximum absolute atomic E-state index is 6.22. The Hall–Kier alpha value is -1.13. The highest BCUT2D eigenvalue weighted by Gasteiger charge is 2.15. The topological polar surface area (TPSA) is 35.0 Å². The standard InChI is InChI=1S/C13H15ClN2OS/c1-13(2,3)9-4-5-11(10(14)6-9)17-7-12-16-15-8-18-12/h4-6,8H,7H2,1-3H3. The van der Waals surface area contributed by atoms with Gasteiger partial charge in [0.05, 0.1) is 5.02 Å². The molecule has 0 aliphatic carbocycles. The highest BCUT2D eigenvalue weighted by atomic mass is 35.5. The zero-order valence-electron chi connectivity index (χ0n) is 10.6. The molecule has 5 heteroatoms. The average Bonchev–Trinajstić information content (AvgIpc) is 2.79. The number of ether oxygens (including phenoxy) is 1. The molecule has 0 aliphatic rings. The molecular formula is C13H15ClN2OS. The van der Waals surface area contributed by atoms with Gasteiger partial charge in [-0.1, -0.05) is 38.4 Å². The third-order valence-electron chi connectivity index (χ3n) is 2.55. The molecule has 0 unspecified atom stereocenters. The van der Waals surface area contributed by atoms with Crippen molar-refractivity contribution in [2.45, 2.75) is 32.8 Å². The number of hydrogen-bond donors (Lipinski definition) is 0. The van der Waals surface area contributed by atoms with Crippen molar-refractivity contribution in [2.24, 2.45) is 0 Å². The summed E-state index contributed by atoms with van der Waals surface area (Å²) >= 11 is 7.68. The second-order valence-corrected chi connectivity index (χ2v) is 6.34. The van der Waals surface area contributed by atoms with Gasteiger partial charge in [0, 0.05) is 0 Å². The molecule has 0 amide bonds. The van der Waals surface area contributed by atoms with Crippen LogP contribution < -0.4 is 4.74 Å². The van der Waals surface area contributed by atoms with E-state index in [1.54, 1.807) is 5.51 Å². The third-order valence-corrected chi connectivity index (χ3v) is 3.52. The van der Waals surface area contributed by atoms with Gasteiger partial charge in [-0.3, -0.25) is 0 Å². The van der Waals surface area contributed by atoms with E-state index in [-0.39, 0.29) is 5.41 Å². The van der Waals surface area contributed by atoms with Gasteiger partial charge in [0.25, 0.3) is 0 Å². The minimum absolute atomic E-state index is 0.0847. The fourth-order valence-corrected chi connectivity index (χ4v) is 2.16. The molecule has 1 aromatic heterocycles. The van der Waals surface area contributed by atoms with Crippen molar-refractivity contribution in [1.82, 2.24) is 10.2 Å². The Kier molecular flexibility index (Phi) is 3.88. The first-order chi connectivity index (χ1) is 8.47. The van der Waals surface area contributed by atoms with Crippen LogP contribution in [0.5, 0.6) is 5.75 Å². The van der Waals surface area contributed by atoms with E-state index in [1.807, 2.05) is 18.2 Å². The van der Waals surface area contributed by atoms with Crippen LogP contribution in [0.4, 0.5) is 0 Å². The monoisotopic (exact) mass is 282 g/mol. The van der Waals surface area contributed by atoms with E-state index in [9.17, 15) is 0 Å². The van der Waals surface area contributed by atoms with Crippen LogP contribution >= 0.6 is 22.9 Å². The molecule has 2 aromatic rings. The fraction of sp³-hybridized carbons (Fsp3) is 0.385. The summed E-state index contributed by atoms with van der Waals surface area (Å²) in [4.78, 5) is 0. The number of aromatic nitrogens is 2. The Bertz CT molecular complexity index is 520. The summed E-state index contributed by atoms with van der Waals surface area (Å²) in [6, 6.07) is 5.91. The van der Waals surface area contributed by atoms with Gasteiger partial charge in [-0.25, -0.2) is 0 Å². The number of nitrogens with zero attached hydrogens (tertiary/aromatic N) is 2. The van der Waals surface area contributed by atoms with E-state index in [4.69, 9.17) is 16.3 Å². The Balaban J connectivity index is 2.10. The zero-order valence-corrected chi connectivity index (χ0v) is 12.2.